The van der Waals surface area contributed by atoms with Crippen molar-refractivity contribution in [2.75, 3.05) is 13.7 Å². The number of aromatic nitrogens is 1. The number of ether oxygens (including phenoxy) is 1. The maximum absolute atomic E-state index is 13.0. The van der Waals surface area contributed by atoms with Gasteiger partial charge < -0.3 is 14.2 Å². The van der Waals surface area contributed by atoms with Gasteiger partial charge in [-0.05, 0) is 59.5 Å². The molecule has 1 atom stereocenters. The van der Waals surface area contributed by atoms with E-state index in [0.29, 0.717) is 12.2 Å². The van der Waals surface area contributed by atoms with Crippen molar-refractivity contribution in [2.24, 2.45) is 0 Å². The Bertz CT molecular complexity index is 902. The van der Waals surface area contributed by atoms with Gasteiger partial charge in [-0.1, -0.05) is 18.0 Å². The molecule has 5 nitrogen and oxygen atoms in total. The van der Waals surface area contributed by atoms with E-state index in [9.17, 15) is 4.79 Å². The van der Waals surface area contributed by atoms with Gasteiger partial charge >= 0.3 is 0 Å². The Morgan fingerprint density at radius 3 is 2.86 bits per heavy atom. The highest BCUT2D eigenvalue weighted by atomic mass is 32.1. The summed E-state index contributed by atoms with van der Waals surface area (Å²) in [5, 5.41) is 8.39. The van der Waals surface area contributed by atoms with Gasteiger partial charge in [-0.15, -0.1) is 0 Å². The third kappa shape index (κ3) is 4.12. The van der Waals surface area contributed by atoms with Gasteiger partial charge in [0, 0.05) is 18.2 Å². The van der Waals surface area contributed by atoms with E-state index in [4.69, 9.17) is 9.26 Å². The second-order valence-corrected chi connectivity index (χ2v) is 7.89. The van der Waals surface area contributed by atoms with E-state index in [-0.39, 0.29) is 11.9 Å². The largest absolute Gasteiger partial charge is 0.497 e. The zero-order valence-corrected chi connectivity index (χ0v) is 16.8. The number of amides is 1. The lowest BCUT2D eigenvalue weighted by Crippen LogP contribution is -2.36. The Hall–Kier alpha value is -2.60. The molecule has 28 heavy (non-hydrogen) atoms. The van der Waals surface area contributed by atoms with Crippen LogP contribution in [0, 0.1) is 0 Å². The number of methoxy groups -OCH3 is 1. The zero-order chi connectivity index (χ0) is 19.3. The number of hydrogen-bond acceptors (Lipinski definition) is 5. The lowest BCUT2D eigenvalue weighted by molar-refractivity contribution is -0.133. The first kappa shape index (κ1) is 18.7. The predicted octanol–water partition coefficient (Wildman–Crippen LogP) is 5.10. The van der Waals surface area contributed by atoms with Crippen molar-refractivity contribution in [3.8, 4) is 17.1 Å². The van der Waals surface area contributed by atoms with Crippen LogP contribution >= 0.6 is 11.3 Å². The van der Waals surface area contributed by atoms with E-state index in [1.807, 2.05) is 52.1 Å². The molecule has 6 heteroatoms. The van der Waals surface area contributed by atoms with Crippen molar-refractivity contribution >= 4 is 17.2 Å². The summed E-state index contributed by atoms with van der Waals surface area (Å²) in [4.78, 5) is 15.0. The normalized spacial score (nSPS) is 17.3. The molecule has 0 saturated carbocycles. The standard InChI is InChI=1S/C22H24N2O3S/c1-26-18-8-6-17(7-9-18)21-14-19(23-27-21)20-5-3-2-4-11-24(20)22(25)13-16-10-12-28-15-16/h6-10,12,14-15,20H,2-5,11,13H2,1H3/t20-/m1/s1. The number of likely N-dealkylation sites (tertiary alicyclic amines) is 1. The predicted molar refractivity (Wildman–Crippen MR) is 109 cm³/mol. The van der Waals surface area contributed by atoms with Crippen LogP contribution in [0.5, 0.6) is 5.75 Å². The van der Waals surface area contributed by atoms with Crippen molar-refractivity contribution in [3.05, 3.63) is 58.4 Å². The van der Waals surface area contributed by atoms with Crippen molar-refractivity contribution in [1.82, 2.24) is 10.1 Å². The molecule has 0 aliphatic carbocycles. The van der Waals surface area contributed by atoms with Crippen LogP contribution in [0.15, 0.2) is 51.7 Å². The molecular formula is C22H24N2O3S. The van der Waals surface area contributed by atoms with Crippen LogP contribution in [-0.2, 0) is 11.2 Å². The van der Waals surface area contributed by atoms with E-state index < -0.39 is 0 Å². The fourth-order valence-corrected chi connectivity index (χ4v) is 4.39. The van der Waals surface area contributed by atoms with E-state index >= 15 is 0 Å². The van der Waals surface area contributed by atoms with Gasteiger partial charge in [-0.3, -0.25) is 4.79 Å². The average molecular weight is 397 g/mol. The molecule has 1 aromatic carbocycles. The minimum atomic E-state index is -0.0237. The Morgan fingerprint density at radius 1 is 1.25 bits per heavy atom. The third-order valence-corrected chi connectivity index (χ3v) is 5.98. The summed E-state index contributed by atoms with van der Waals surface area (Å²) in [5.41, 5.74) is 2.87. The van der Waals surface area contributed by atoms with Crippen molar-refractivity contribution in [2.45, 2.75) is 38.1 Å². The molecule has 1 aliphatic heterocycles. The third-order valence-electron chi connectivity index (χ3n) is 5.25. The van der Waals surface area contributed by atoms with E-state index in [1.54, 1.807) is 18.4 Å². The monoisotopic (exact) mass is 396 g/mol. The molecule has 0 bridgehead atoms. The molecule has 3 aromatic rings. The molecule has 1 aliphatic rings. The molecule has 0 spiro atoms. The number of rotatable bonds is 5. The van der Waals surface area contributed by atoms with Crippen molar-refractivity contribution in [3.63, 3.8) is 0 Å². The lowest BCUT2D eigenvalue weighted by atomic mass is 10.0. The Labute approximate surface area is 168 Å². The number of nitrogens with zero attached hydrogens (tertiary/aromatic N) is 2. The summed E-state index contributed by atoms with van der Waals surface area (Å²) in [6.45, 7) is 0.776. The van der Waals surface area contributed by atoms with Gasteiger partial charge in [0.25, 0.3) is 0 Å². The lowest BCUT2D eigenvalue weighted by Gasteiger charge is -2.28. The van der Waals surface area contributed by atoms with Crippen LogP contribution in [0.1, 0.15) is 43.0 Å². The number of benzene rings is 1. The molecule has 146 valence electrons. The molecule has 2 aromatic heterocycles. The van der Waals surface area contributed by atoms with Gasteiger partial charge in [0.15, 0.2) is 5.76 Å². The molecule has 3 heterocycles. The molecule has 1 fully saturated rings. The average Bonchev–Trinajstić information content (AvgIpc) is 3.35. The molecule has 0 unspecified atom stereocenters. The molecular weight excluding hydrogens is 372 g/mol. The molecule has 0 radical (unpaired) electrons. The smallest absolute Gasteiger partial charge is 0.227 e. The fourth-order valence-electron chi connectivity index (χ4n) is 3.72. The highest BCUT2D eigenvalue weighted by Gasteiger charge is 2.29. The maximum Gasteiger partial charge on any atom is 0.227 e. The minimum Gasteiger partial charge on any atom is -0.497 e. The molecule has 4 rings (SSSR count). The first-order chi connectivity index (χ1) is 13.7. The number of carbonyl (C=O) groups excluding carboxylic acids is 1. The summed E-state index contributed by atoms with van der Waals surface area (Å²) in [7, 11) is 1.65. The van der Waals surface area contributed by atoms with Gasteiger partial charge in [0.05, 0.1) is 19.6 Å². The van der Waals surface area contributed by atoms with Crippen LogP contribution in [0.25, 0.3) is 11.3 Å². The van der Waals surface area contributed by atoms with Crippen LogP contribution in [-0.4, -0.2) is 29.6 Å². The second kappa shape index (κ2) is 8.61. The number of hydrogen-bond donors (Lipinski definition) is 0. The highest BCUT2D eigenvalue weighted by Crippen LogP contribution is 2.33. The van der Waals surface area contributed by atoms with Crippen LogP contribution in [0.2, 0.25) is 0 Å². The summed E-state index contributed by atoms with van der Waals surface area (Å²) in [6, 6.07) is 11.7. The summed E-state index contributed by atoms with van der Waals surface area (Å²) in [6.07, 6.45) is 4.64. The van der Waals surface area contributed by atoms with Gasteiger partial charge in [-0.25, -0.2) is 0 Å². The SMILES string of the molecule is COc1ccc(-c2cc([C@H]3CCCCCN3C(=O)Cc3ccsc3)no2)cc1. The van der Waals surface area contributed by atoms with Crippen LogP contribution in [0.4, 0.5) is 0 Å². The molecule has 1 saturated heterocycles. The first-order valence-corrected chi connectivity index (χ1v) is 10.6. The van der Waals surface area contributed by atoms with Crippen molar-refractivity contribution < 1.29 is 14.1 Å². The second-order valence-electron chi connectivity index (χ2n) is 7.11. The van der Waals surface area contributed by atoms with Gasteiger partial charge in [-0.2, -0.15) is 11.3 Å². The summed E-state index contributed by atoms with van der Waals surface area (Å²) < 4.78 is 10.8. The topological polar surface area (TPSA) is 55.6 Å². The first-order valence-electron chi connectivity index (χ1n) is 9.66. The van der Waals surface area contributed by atoms with E-state index in [0.717, 1.165) is 54.8 Å². The number of carbonyl (C=O) groups is 1. The Kier molecular flexibility index (Phi) is 5.76. The highest BCUT2D eigenvalue weighted by molar-refractivity contribution is 7.08. The fraction of sp³-hybridized carbons (Fsp3) is 0.364. The van der Waals surface area contributed by atoms with Crippen LogP contribution in [0.3, 0.4) is 0 Å². The molecule has 0 N–H and O–H groups in total. The van der Waals surface area contributed by atoms with Gasteiger partial charge in [0.2, 0.25) is 5.91 Å². The Balaban J connectivity index is 1.56. The Morgan fingerprint density at radius 2 is 2.11 bits per heavy atom. The van der Waals surface area contributed by atoms with E-state index in [2.05, 4.69) is 5.16 Å². The zero-order valence-electron chi connectivity index (χ0n) is 16.0. The van der Waals surface area contributed by atoms with Gasteiger partial charge in [0.1, 0.15) is 11.4 Å². The summed E-state index contributed by atoms with van der Waals surface area (Å²) in [5.74, 6) is 1.68. The molecule has 1 amide bonds. The van der Waals surface area contributed by atoms with E-state index in [1.165, 1.54) is 0 Å². The van der Waals surface area contributed by atoms with Crippen molar-refractivity contribution in [1.29, 1.82) is 0 Å². The maximum atomic E-state index is 13.0. The minimum absolute atomic E-state index is 0.0237. The quantitative estimate of drug-likeness (QED) is 0.602. The summed E-state index contributed by atoms with van der Waals surface area (Å²) >= 11 is 1.63. The number of thiophene rings is 1. The van der Waals surface area contributed by atoms with Crippen LogP contribution < -0.4 is 4.74 Å².